The third-order valence-corrected chi connectivity index (χ3v) is 2.39. The molecule has 0 saturated carbocycles. The molecule has 0 aliphatic rings. The summed E-state index contributed by atoms with van der Waals surface area (Å²) < 4.78 is 4.76. The highest BCUT2D eigenvalue weighted by Gasteiger charge is 2.05. The first-order valence-electron chi connectivity index (χ1n) is 4.38. The highest BCUT2D eigenvalue weighted by Crippen LogP contribution is 2.20. The molecule has 0 aromatic heterocycles. The summed E-state index contributed by atoms with van der Waals surface area (Å²) in [5, 5.41) is -0.357. The standard InChI is InChI=1S/C10H11NO3S/c1-2-14-10(13)15-8-5-3-7(4-6-8)9(11)12/h3-6H,2H2,1H3,(H2,11,12). The van der Waals surface area contributed by atoms with E-state index in [-0.39, 0.29) is 5.30 Å². The third kappa shape index (κ3) is 3.63. The van der Waals surface area contributed by atoms with Crippen LogP contribution >= 0.6 is 11.8 Å². The summed E-state index contributed by atoms with van der Waals surface area (Å²) in [5.74, 6) is -0.484. The highest BCUT2D eigenvalue weighted by molar-refractivity contribution is 8.13. The van der Waals surface area contributed by atoms with Crippen LogP contribution in [0.3, 0.4) is 0 Å². The molecule has 15 heavy (non-hydrogen) atoms. The van der Waals surface area contributed by atoms with Crippen molar-refractivity contribution in [2.75, 3.05) is 6.61 Å². The van der Waals surface area contributed by atoms with Crippen LogP contribution < -0.4 is 5.73 Å². The van der Waals surface area contributed by atoms with Crippen LogP contribution in [0.5, 0.6) is 0 Å². The summed E-state index contributed by atoms with van der Waals surface area (Å²) in [6, 6.07) is 6.46. The van der Waals surface area contributed by atoms with Crippen molar-refractivity contribution in [3.63, 3.8) is 0 Å². The number of benzene rings is 1. The zero-order valence-corrected chi connectivity index (χ0v) is 9.04. The molecule has 0 fully saturated rings. The number of nitrogens with two attached hydrogens (primary N) is 1. The van der Waals surface area contributed by atoms with Gasteiger partial charge in [0.15, 0.2) is 0 Å². The molecule has 0 heterocycles. The summed E-state index contributed by atoms with van der Waals surface area (Å²) in [6.07, 6.45) is 0. The van der Waals surface area contributed by atoms with Gasteiger partial charge in [0.1, 0.15) is 0 Å². The molecule has 1 aromatic rings. The number of carbonyl (C=O) groups is 2. The number of carbonyl (C=O) groups excluding carboxylic acids is 2. The fourth-order valence-electron chi connectivity index (χ4n) is 0.931. The first kappa shape index (κ1) is 11.6. The summed E-state index contributed by atoms with van der Waals surface area (Å²) in [4.78, 5) is 22.6. The van der Waals surface area contributed by atoms with Crippen molar-refractivity contribution in [2.24, 2.45) is 5.73 Å². The quantitative estimate of drug-likeness (QED) is 0.631. The lowest BCUT2D eigenvalue weighted by molar-refractivity contribution is 0.1000. The molecule has 4 nitrogen and oxygen atoms in total. The fourth-order valence-corrected chi connectivity index (χ4v) is 1.57. The number of hydrogen-bond acceptors (Lipinski definition) is 4. The van der Waals surface area contributed by atoms with Gasteiger partial charge in [-0.1, -0.05) is 0 Å². The van der Waals surface area contributed by atoms with Gasteiger partial charge in [-0.2, -0.15) is 0 Å². The largest absolute Gasteiger partial charge is 0.458 e. The molecule has 0 bridgehead atoms. The number of hydrogen-bond donors (Lipinski definition) is 1. The molecule has 2 N–H and O–H groups in total. The van der Waals surface area contributed by atoms with Crippen molar-refractivity contribution >= 4 is 23.0 Å². The Morgan fingerprint density at radius 3 is 2.40 bits per heavy atom. The van der Waals surface area contributed by atoms with Gasteiger partial charge in [0.2, 0.25) is 5.91 Å². The van der Waals surface area contributed by atoms with Crippen molar-refractivity contribution in [3.05, 3.63) is 29.8 Å². The van der Waals surface area contributed by atoms with Gasteiger partial charge in [-0.25, -0.2) is 4.79 Å². The van der Waals surface area contributed by atoms with Crippen LogP contribution in [-0.2, 0) is 4.74 Å². The minimum Gasteiger partial charge on any atom is -0.458 e. The van der Waals surface area contributed by atoms with Crippen molar-refractivity contribution < 1.29 is 14.3 Å². The van der Waals surface area contributed by atoms with Gasteiger partial charge in [-0.3, -0.25) is 4.79 Å². The van der Waals surface area contributed by atoms with Crippen molar-refractivity contribution in [1.82, 2.24) is 0 Å². The van der Waals surface area contributed by atoms with Crippen molar-refractivity contribution in [1.29, 1.82) is 0 Å². The smallest absolute Gasteiger partial charge is 0.372 e. The molecule has 1 aromatic carbocycles. The topological polar surface area (TPSA) is 69.4 Å². The molecule has 0 spiro atoms. The van der Waals surface area contributed by atoms with Crippen LogP contribution in [0.25, 0.3) is 0 Å². The summed E-state index contributed by atoms with van der Waals surface area (Å²) >= 11 is 0.975. The molecular formula is C10H11NO3S. The van der Waals surface area contributed by atoms with Gasteiger partial charge in [-0.05, 0) is 43.0 Å². The lowest BCUT2D eigenvalue weighted by atomic mass is 10.2. The molecule has 0 aliphatic heterocycles. The van der Waals surface area contributed by atoms with E-state index in [4.69, 9.17) is 10.5 Å². The minimum atomic E-state index is -0.484. The maximum absolute atomic E-state index is 11.1. The van der Waals surface area contributed by atoms with Crippen LogP contribution in [0, 0.1) is 0 Å². The van der Waals surface area contributed by atoms with Gasteiger partial charge in [0.05, 0.1) is 6.61 Å². The van der Waals surface area contributed by atoms with Gasteiger partial charge >= 0.3 is 5.30 Å². The van der Waals surface area contributed by atoms with E-state index < -0.39 is 5.91 Å². The average molecular weight is 225 g/mol. The molecule has 0 unspecified atom stereocenters. The molecular weight excluding hydrogens is 214 g/mol. The Labute approximate surface area is 91.8 Å². The zero-order valence-electron chi connectivity index (χ0n) is 8.23. The van der Waals surface area contributed by atoms with E-state index in [0.717, 1.165) is 16.7 Å². The molecule has 1 amide bonds. The van der Waals surface area contributed by atoms with Crippen LogP contribution in [0.4, 0.5) is 4.79 Å². The Hall–Kier alpha value is -1.49. The first-order chi connectivity index (χ1) is 7.13. The second kappa shape index (κ2) is 5.41. The fraction of sp³-hybridized carbons (Fsp3) is 0.200. The van der Waals surface area contributed by atoms with E-state index in [9.17, 15) is 9.59 Å². The SMILES string of the molecule is CCOC(=O)Sc1ccc(C(N)=O)cc1. The molecule has 0 radical (unpaired) electrons. The van der Waals surface area contributed by atoms with E-state index in [1.807, 2.05) is 0 Å². The van der Waals surface area contributed by atoms with Gasteiger partial charge in [0, 0.05) is 10.5 Å². The van der Waals surface area contributed by atoms with Crippen molar-refractivity contribution in [2.45, 2.75) is 11.8 Å². The molecule has 1 rings (SSSR count). The first-order valence-corrected chi connectivity index (χ1v) is 5.19. The highest BCUT2D eigenvalue weighted by atomic mass is 32.2. The molecule has 0 saturated heterocycles. The maximum atomic E-state index is 11.1. The van der Waals surface area contributed by atoms with Gasteiger partial charge in [0.25, 0.3) is 0 Å². The maximum Gasteiger partial charge on any atom is 0.372 e. The number of rotatable bonds is 3. The number of amides is 1. The molecule has 0 atom stereocenters. The number of ether oxygens (including phenoxy) is 1. The lowest BCUT2D eigenvalue weighted by Gasteiger charge is -2.01. The minimum absolute atomic E-state index is 0.352. The predicted molar refractivity (Wildman–Crippen MR) is 57.8 cm³/mol. The van der Waals surface area contributed by atoms with E-state index in [2.05, 4.69) is 0 Å². The molecule has 5 heteroatoms. The van der Waals surface area contributed by atoms with Crippen LogP contribution in [0.15, 0.2) is 29.2 Å². The van der Waals surface area contributed by atoms with E-state index in [1.165, 1.54) is 0 Å². The predicted octanol–water partition coefficient (Wildman–Crippen LogP) is 2.03. The lowest BCUT2D eigenvalue weighted by Crippen LogP contribution is -2.10. The Balaban J connectivity index is 2.64. The summed E-state index contributed by atoms with van der Waals surface area (Å²) in [7, 11) is 0. The van der Waals surface area contributed by atoms with Crippen LogP contribution in [0.1, 0.15) is 17.3 Å². The average Bonchev–Trinajstić information content (AvgIpc) is 2.18. The summed E-state index contributed by atoms with van der Waals surface area (Å²) in [6.45, 7) is 2.10. The zero-order chi connectivity index (χ0) is 11.3. The van der Waals surface area contributed by atoms with Gasteiger partial charge < -0.3 is 10.5 Å². The molecule has 0 aliphatic carbocycles. The van der Waals surface area contributed by atoms with Crippen LogP contribution in [-0.4, -0.2) is 17.8 Å². The Morgan fingerprint density at radius 1 is 1.33 bits per heavy atom. The second-order valence-electron chi connectivity index (χ2n) is 2.67. The Bertz CT molecular complexity index is 361. The van der Waals surface area contributed by atoms with Crippen LogP contribution in [0.2, 0.25) is 0 Å². The van der Waals surface area contributed by atoms with E-state index in [0.29, 0.717) is 12.2 Å². The van der Waals surface area contributed by atoms with E-state index >= 15 is 0 Å². The Morgan fingerprint density at radius 2 is 1.93 bits per heavy atom. The summed E-state index contributed by atoms with van der Waals surface area (Å²) in [5.41, 5.74) is 5.50. The monoisotopic (exact) mass is 225 g/mol. The normalized spacial score (nSPS) is 9.67. The van der Waals surface area contributed by atoms with Crippen molar-refractivity contribution in [3.8, 4) is 0 Å². The Kier molecular flexibility index (Phi) is 4.17. The van der Waals surface area contributed by atoms with E-state index in [1.54, 1.807) is 31.2 Å². The number of primary amides is 1. The second-order valence-corrected chi connectivity index (χ2v) is 3.68. The van der Waals surface area contributed by atoms with Gasteiger partial charge in [-0.15, -0.1) is 0 Å². The third-order valence-electron chi connectivity index (χ3n) is 1.60. The number of thioether (sulfide) groups is 1. The molecule has 80 valence electrons.